The minimum absolute atomic E-state index is 0.0507. The zero-order chi connectivity index (χ0) is 17.7. The Labute approximate surface area is 135 Å². The lowest BCUT2D eigenvalue weighted by Gasteiger charge is -2.21. The van der Waals surface area contributed by atoms with Gasteiger partial charge in [0.05, 0.1) is 13.2 Å². The van der Waals surface area contributed by atoms with Crippen LogP contribution in [0.5, 0.6) is 0 Å². The molecule has 0 atom stereocenters. The molecule has 10 heteroatoms. The lowest BCUT2D eigenvalue weighted by molar-refractivity contribution is 0.123. The van der Waals surface area contributed by atoms with Crippen LogP contribution in [0.4, 0.5) is 27.4 Å². The maximum absolute atomic E-state index is 12.0. The molecule has 0 spiro atoms. The molecule has 128 valence electrons. The fourth-order valence-electron chi connectivity index (χ4n) is 1.42. The smallest absolute Gasteiger partial charge is 0.416 e. The fourth-order valence-corrected chi connectivity index (χ4v) is 1.42. The van der Waals surface area contributed by atoms with Crippen molar-refractivity contribution in [2.75, 3.05) is 50.0 Å². The van der Waals surface area contributed by atoms with E-state index >= 15 is 0 Å². The van der Waals surface area contributed by atoms with Crippen molar-refractivity contribution in [1.29, 1.82) is 0 Å². The van der Waals surface area contributed by atoms with Gasteiger partial charge < -0.3 is 14.4 Å². The Balaban J connectivity index is 3.24. The van der Waals surface area contributed by atoms with Crippen LogP contribution in [-0.2, 0) is 9.47 Å². The third kappa shape index (κ3) is 4.66. The highest BCUT2D eigenvalue weighted by atomic mass is 16.6. The quantitative estimate of drug-likeness (QED) is 0.811. The number of hydrogen-bond donors (Lipinski definition) is 0. The third-order valence-corrected chi connectivity index (χ3v) is 2.66. The first kappa shape index (κ1) is 18.4. The molecule has 0 aliphatic carbocycles. The predicted octanol–water partition coefficient (Wildman–Crippen LogP) is 1.12. The maximum atomic E-state index is 12.0. The summed E-state index contributed by atoms with van der Waals surface area (Å²) in [5.41, 5.74) is 0. The second-order valence-electron chi connectivity index (χ2n) is 5.15. The van der Waals surface area contributed by atoms with Crippen molar-refractivity contribution >= 4 is 30.0 Å². The molecule has 0 N–H and O–H groups in total. The molecule has 0 fully saturated rings. The Morgan fingerprint density at radius 1 is 0.870 bits per heavy atom. The van der Waals surface area contributed by atoms with Gasteiger partial charge in [0.25, 0.3) is 0 Å². The summed E-state index contributed by atoms with van der Waals surface area (Å²) < 4.78 is 9.74. The maximum Gasteiger partial charge on any atom is 0.416 e. The number of methoxy groups -OCH3 is 1. The number of carbonyl (C=O) groups excluding carboxylic acids is 2. The Morgan fingerprint density at radius 3 is 1.70 bits per heavy atom. The molecule has 0 saturated heterocycles. The minimum atomic E-state index is -0.640. The molecule has 0 saturated carbocycles. The molecule has 0 aliphatic rings. The average molecular weight is 326 g/mol. The lowest BCUT2D eigenvalue weighted by Crippen LogP contribution is -2.33. The molecule has 0 bridgehead atoms. The summed E-state index contributed by atoms with van der Waals surface area (Å²) in [6.07, 6.45) is -1.53. The highest BCUT2D eigenvalue weighted by molar-refractivity contribution is 5.87. The highest BCUT2D eigenvalue weighted by Crippen LogP contribution is 2.17. The van der Waals surface area contributed by atoms with Crippen LogP contribution in [0.3, 0.4) is 0 Å². The van der Waals surface area contributed by atoms with Crippen molar-refractivity contribution in [3.63, 3.8) is 0 Å². The number of anilines is 3. The fraction of sp³-hybridized carbons (Fsp3) is 0.615. The van der Waals surface area contributed by atoms with E-state index in [2.05, 4.69) is 19.7 Å². The lowest BCUT2D eigenvalue weighted by atomic mass is 10.5. The number of nitrogens with zero attached hydrogens (tertiary/aromatic N) is 6. The van der Waals surface area contributed by atoms with Gasteiger partial charge in [0.1, 0.15) is 0 Å². The van der Waals surface area contributed by atoms with Crippen molar-refractivity contribution in [1.82, 2.24) is 15.0 Å². The zero-order valence-corrected chi connectivity index (χ0v) is 14.4. The molecule has 0 radical (unpaired) electrons. The van der Waals surface area contributed by atoms with E-state index in [1.807, 2.05) is 0 Å². The molecule has 10 nitrogen and oxygen atoms in total. The van der Waals surface area contributed by atoms with E-state index in [0.717, 1.165) is 9.80 Å². The molecule has 1 aromatic rings. The Kier molecular flexibility index (Phi) is 6.05. The molecule has 2 amide bonds. The largest absolute Gasteiger partial charge is 0.452 e. The van der Waals surface area contributed by atoms with Gasteiger partial charge in [-0.2, -0.15) is 15.0 Å². The molecule has 0 aliphatic heterocycles. The minimum Gasteiger partial charge on any atom is -0.452 e. The van der Waals surface area contributed by atoms with E-state index in [-0.39, 0.29) is 23.9 Å². The summed E-state index contributed by atoms with van der Waals surface area (Å²) in [5.74, 6) is 0.389. The van der Waals surface area contributed by atoms with Crippen LogP contribution >= 0.6 is 0 Å². The first-order valence-electron chi connectivity index (χ1n) is 6.86. The number of carbonyl (C=O) groups is 2. The van der Waals surface area contributed by atoms with E-state index in [9.17, 15) is 9.59 Å². The topological polar surface area (TPSA) is 101 Å². The number of ether oxygens (including phenoxy) is 2. The van der Waals surface area contributed by atoms with E-state index in [0.29, 0.717) is 0 Å². The third-order valence-electron chi connectivity index (χ3n) is 2.66. The van der Waals surface area contributed by atoms with Crippen molar-refractivity contribution < 1.29 is 19.1 Å². The molecular weight excluding hydrogens is 304 g/mol. The standard InChI is InChI=1S/C13H22N6O4/c1-8(2)23-13(21)19(6)11-15-9(17(3)4)14-10(16-11)18(5)12(20)22-7/h8H,1-7H3. The van der Waals surface area contributed by atoms with Gasteiger partial charge >= 0.3 is 12.2 Å². The second-order valence-corrected chi connectivity index (χ2v) is 5.15. The van der Waals surface area contributed by atoms with Gasteiger partial charge in [0.2, 0.25) is 17.8 Å². The number of amides is 2. The van der Waals surface area contributed by atoms with Crippen LogP contribution < -0.4 is 14.7 Å². The van der Waals surface area contributed by atoms with Gasteiger partial charge in [-0.25, -0.2) is 19.4 Å². The Morgan fingerprint density at radius 2 is 1.30 bits per heavy atom. The predicted molar refractivity (Wildman–Crippen MR) is 85.0 cm³/mol. The van der Waals surface area contributed by atoms with Gasteiger partial charge in [-0.15, -0.1) is 0 Å². The molecular formula is C13H22N6O4. The summed E-state index contributed by atoms with van der Waals surface area (Å²) >= 11 is 0. The van der Waals surface area contributed by atoms with E-state index < -0.39 is 12.2 Å². The summed E-state index contributed by atoms with van der Waals surface area (Å²) in [7, 11) is 7.64. The van der Waals surface area contributed by atoms with Crippen LogP contribution in [0, 0.1) is 0 Å². The van der Waals surface area contributed by atoms with Gasteiger partial charge in [-0.3, -0.25) is 0 Å². The van der Waals surface area contributed by atoms with Crippen LogP contribution in [-0.4, -0.2) is 68.5 Å². The molecule has 1 rings (SSSR count). The molecule has 1 heterocycles. The van der Waals surface area contributed by atoms with Crippen molar-refractivity contribution in [2.45, 2.75) is 20.0 Å². The van der Waals surface area contributed by atoms with Gasteiger partial charge in [0.15, 0.2) is 0 Å². The van der Waals surface area contributed by atoms with Gasteiger partial charge in [0, 0.05) is 28.2 Å². The summed E-state index contributed by atoms with van der Waals surface area (Å²) in [4.78, 5) is 40.0. The summed E-state index contributed by atoms with van der Waals surface area (Å²) in [6, 6.07) is 0. The Bertz CT molecular complexity index is 578. The number of hydrogen-bond acceptors (Lipinski definition) is 8. The van der Waals surface area contributed by atoms with Gasteiger partial charge in [-0.1, -0.05) is 0 Å². The molecule has 23 heavy (non-hydrogen) atoms. The molecule has 0 unspecified atom stereocenters. The van der Waals surface area contributed by atoms with E-state index in [1.54, 1.807) is 32.8 Å². The Hall–Kier alpha value is -2.65. The SMILES string of the molecule is COC(=O)N(C)c1nc(N(C)C)nc(N(C)C(=O)OC(C)C)n1. The van der Waals surface area contributed by atoms with Crippen LogP contribution in [0.25, 0.3) is 0 Å². The monoisotopic (exact) mass is 326 g/mol. The van der Waals surface area contributed by atoms with Crippen molar-refractivity contribution in [3.8, 4) is 0 Å². The van der Waals surface area contributed by atoms with E-state index in [1.165, 1.54) is 21.2 Å². The summed E-state index contributed by atoms with van der Waals surface area (Å²) in [6.45, 7) is 3.47. The van der Waals surface area contributed by atoms with Crippen LogP contribution in [0.2, 0.25) is 0 Å². The first-order chi connectivity index (χ1) is 10.7. The van der Waals surface area contributed by atoms with Crippen LogP contribution in [0.15, 0.2) is 0 Å². The van der Waals surface area contributed by atoms with Crippen LogP contribution in [0.1, 0.15) is 13.8 Å². The van der Waals surface area contributed by atoms with E-state index in [4.69, 9.17) is 4.74 Å². The van der Waals surface area contributed by atoms with Gasteiger partial charge in [-0.05, 0) is 13.8 Å². The highest BCUT2D eigenvalue weighted by Gasteiger charge is 2.22. The summed E-state index contributed by atoms with van der Waals surface area (Å²) in [5, 5.41) is 0. The molecule has 0 aromatic carbocycles. The van der Waals surface area contributed by atoms with Crippen molar-refractivity contribution in [2.24, 2.45) is 0 Å². The molecule has 1 aromatic heterocycles. The zero-order valence-electron chi connectivity index (χ0n) is 14.4. The first-order valence-corrected chi connectivity index (χ1v) is 6.86. The van der Waals surface area contributed by atoms with Crippen molar-refractivity contribution in [3.05, 3.63) is 0 Å². The second kappa shape index (κ2) is 7.56. The number of aromatic nitrogens is 3. The number of rotatable bonds is 4. The average Bonchev–Trinajstić information content (AvgIpc) is 2.51. The normalized spacial score (nSPS) is 10.3.